The van der Waals surface area contributed by atoms with Gasteiger partial charge in [-0.05, 0) is 42.0 Å². The fourth-order valence-corrected chi connectivity index (χ4v) is 2.94. The van der Waals surface area contributed by atoms with E-state index in [1.165, 1.54) is 4.88 Å². The molecule has 0 saturated heterocycles. The van der Waals surface area contributed by atoms with Crippen molar-refractivity contribution in [2.45, 2.75) is 25.8 Å². The Morgan fingerprint density at radius 3 is 2.48 bits per heavy atom. The molecule has 2 aromatic rings. The average molecular weight is 330 g/mol. The van der Waals surface area contributed by atoms with Crippen molar-refractivity contribution in [2.75, 3.05) is 14.1 Å². The minimum Gasteiger partial charge on any atom is -0.352 e. The molecule has 0 unspecified atom stereocenters. The van der Waals surface area contributed by atoms with Crippen molar-refractivity contribution in [3.05, 3.63) is 57.8 Å². The molecular weight excluding hydrogens is 308 g/mol. The first-order valence-electron chi connectivity index (χ1n) is 7.66. The van der Waals surface area contributed by atoms with Crippen molar-refractivity contribution in [3.8, 4) is 0 Å². The standard InChI is InChI=1S/C18H22N2O2S/c1-20(2)18(22)15-10-8-14(9-11-15)13-19-17(21)7-3-5-16-6-4-12-23-16/h4,6,8-12H,3,5,7,13H2,1-2H3,(H,19,21). The molecular formula is C18H22N2O2S. The Bertz CT molecular complexity index is 634. The van der Waals surface area contributed by atoms with Gasteiger partial charge in [0.25, 0.3) is 5.91 Å². The minimum atomic E-state index is -0.0193. The highest BCUT2D eigenvalue weighted by atomic mass is 32.1. The lowest BCUT2D eigenvalue weighted by molar-refractivity contribution is -0.121. The zero-order valence-corrected chi connectivity index (χ0v) is 14.4. The van der Waals surface area contributed by atoms with E-state index in [2.05, 4.69) is 16.8 Å². The van der Waals surface area contributed by atoms with Gasteiger partial charge in [0.05, 0.1) is 0 Å². The second kappa shape index (κ2) is 8.48. The Labute approximate surface area is 141 Å². The van der Waals surface area contributed by atoms with E-state index in [4.69, 9.17) is 0 Å². The van der Waals surface area contributed by atoms with Crippen LogP contribution in [0.4, 0.5) is 0 Å². The van der Waals surface area contributed by atoms with Gasteiger partial charge in [-0.1, -0.05) is 18.2 Å². The summed E-state index contributed by atoms with van der Waals surface area (Å²) in [5.41, 5.74) is 1.65. The fourth-order valence-electron chi connectivity index (χ4n) is 2.19. The molecule has 1 aromatic carbocycles. The third kappa shape index (κ3) is 5.53. The summed E-state index contributed by atoms with van der Waals surface area (Å²) in [6.45, 7) is 0.494. The van der Waals surface area contributed by atoms with Crippen LogP contribution in [-0.4, -0.2) is 30.8 Å². The zero-order valence-electron chi connectivity index (χ0n) is 13.5. The second-order valence-corrected chi connectivity index (χ2v) is 6.64. The number of aryl methyl sites for hydroxylation is 1. The maximum Gasteiger partial charge on any atom is 0.253 e. The summed E-state index contributed by atoms with van der Waals surface area (Å²) in [5, 5.41) is 4.98. The Morgan fingerprint density at radius 1 is 1.13 bits per heavy atom. The van der Waals surface area contributed by atoms with Crippen molar-refractivity contribution in [1.29, 1.82) is 0 Å². The van der Waals surface area contributed by atoms with E-state index in [-0.39, 0.29) is 11.8 Å². The SMILES string of the molecule is CN(C)C(=O)c1ccc(CNC(=O)CCCc2cccs2)cc1. The average Bonchev–Trinajstić information content (AvgIpc) is 3.06. The number of hydrogen-bond donors (Lipinski definition) is 1. The normalized spacial score (nSPS) is 10.3. The molecule has 0 aliphatic heterocycles. The van der Waals surface area contributed by atoms with Crippen molar-refractivity contribution >= 4 is 23.2 Å². The molecule has 1 N–H and O–H groups in total. The molecule has 0 saturated carbocycles. The molecule has 2 rings (SSSR count). The number of rotatable bonds is 7. The number of carbonyl (C=O) groups excluding carboxylic acids is 2. The molecule has 5 heteroatoms. The molecule has 2 amide bonds. The van der Waals surface area contributed by atoms with Crippen LogP contribution in [0.1, 0.15) is 33.6 Å². The van der Waals surface area contributed by atoms with Crippen LogP contribution in [0.2, 0.25) is 0 Å². The number of benzene rings is 1. The number of thiophene rings is 1. The number of amides is 2. The van der Waals surface area contributed by atoms with E-state index in [0.29, 0.717) is 18.5 Å². The van der Waals surface area contributed by atoms with Crippen LogP contribution in [0.15, 0.2) is 41.8 Å². The molecule has 1 heterocycles. The van der Waals surface area contributed by atoms with Gasteiger partial charge in [-0.15, -0.1) is 11.3 Å². The smallest absolute Gasteiger partial charge is 0.253 e. The minimum absolute atomic E-state index is 0.0193. The van der Waals surface area contributed by atoms with Crippen molar-refractivity contribution in [1.82, 2.24) is 10.2 Å². The highest BCUT2D eigenvalue weighted by Crippen LogP contribution is 2.12. The predicted molar refractivity (Wildman–Crippen MR) is 93.6 cm³/mol. The molecule has 4 nitrogen and oxygen atoms in total. The summed E-state index contributed by atoms with van der Waals surface area (Å²) < 4.78 is 0. The summed E-state index contributed by atoms with van der Waals surface area (Å²) in [7, 11) is 3.46. The van der Waals surface area contributed by atoms with Gasteiger partial charge in [-0.25, -0.2) is 0 Å². The van der Waals surface area contributed by atoms with Gasteiger partial charge in [-0.3, -0.25) is 9.59 Å². The lowest BCUT2D eigenvalue weighted by atomic mass is 10.1. The highest BCUT2D eigenvalue weighted by molar-refractivity contribution is 7.09. The molecule has 0 atom stereocenters. The van der Waals surface area contributed by atoms with Gasteiger partial charge < -0.3 is 10.2 Å². The number of nitrogens with one attached hydrogen (secondary N) is 1. The van der Waals surface area contributed by atoms with E-state index in [1.54, 1.807) is 42.5 Å². The molecule has 0 aliphatic carbocycles. The third-order valence-electron chi connectivity index (χ3n) is 3.50. The van der Waals surface area contributed by atoms with Gasteiger partial charge in [-0.2, -0.15) is 0 Å². The summed E-state index contributed by atoms with van der Waals surface area (Å²) in [6, 6.07) is 11.5. The van der Waals surface area contributed by atoms with Crippen molar-refractivity contribution < 1.29 is 9.59 Å². The number of nitrogens with zero attached hydrogens (tertiary/aromatic N) is 1. The monoisotopic (exact) mass is 330 g/mol. The Morgan fingerprint density at radius 2 is 1.87 bits per heavy atom. The quantitative estimate of drug-likeness (QED) is 0.848. The summed E-state index contributed by atoms with van der Waals surface area (Å²) in [4.78, 5) is 26.5. The first-order valence-corrected chi connectivity index (χ1v) is 8.54. The molecule has 1 aromatic heterocycles. The van der Waals surface area contributed by atoms with Crippen LogP contribution in [0.5, 0.6) is 0 Å². The second-order valence-electron chi connectivity index (χ2n) is 5.61. The highest BCUT2D eigenvalue weighted by Gasteiger charge is 2.07. The van der Waals surface area contributed by atoms with Crippen molar-refractivity contribution in [3.63, 3.8) is 0 Å². The van der Waals surface area contributed by atoms with Gasteiger partial charge in [0, 0.05) is 37.5 Å². The van der Waals surface area contributed by atoms with Crippen LogP contribution in [0.3, 0.4) is 0 Å². The Balaban J connectivity index is 1.72. The Kier molecular flexibility index (Phi) is 6.35. The molecule has 0 spiro atoms. The van der Waals surface area contributed by atoms with Crippen molar-refractivity contribution in [2.24, 2.45) is 0 Å². The topological polar surface area (TPSA) is 49.4 Å². The largest absolute Gasteiger partial charge is 0.352 e. The van der Waals surface area contributed by atoms with Crippen LogP contribution in [0.25, 0.3) is 0 Å². The maximum atomic E-state index is 11.8. The van der Waals surface area contributed by atoms with E-state index in [1.807, 2.05) is 18.2 Å². The molecule has 0 radical (unpaired) electrons. The van der Waals surface area contributed by atoms with E-state index in [0.717, 1.165) is 18.4 Å². The molecule has 23 heavy (non-hydrogen) atoms. The first-order chi connectivity index (χ1) is 11.1. The third-order valence-corrected chi connectivity index (χ3v) is 4.44. The maximum absolute atomic E-state index is 11.8. The lowest BCUT2D eigenvalue weighted by Crippen LogP contribution is -2.23. The predicted octanol–water partition coefficient (Wildman–Crippen LogP) is 3.09. The van der Waals surface area contributed by atoms with E-state index in [9.17, 15) is 9.59 Å². The van der Waals surface area contributed by atoms with Crippen LogP contribution in [-0.2, 0) is 17.8 Å². The van der Waals surface area contributed by atoms with Crippen LogP contribution < -0.4 is 5.32 Å². The first kappa shape index (κ1) is 17.2. The van der Waals surface area contributed by atoms with Gasteiger partial charge >= 0.3 is 0 Å². The summed E-state index contributed by atoms with van der Waals surface area (Å²) in [6.07, 6.45) is 2.35. The fraction of sp³-hybridized carbons (Fsp3) is 0.333. The summed E-state index contributed by atoms with van der Waals surface area (Å²) >= 11 is 1.73. The molecule has 0 bridgehead atoms. The van der Waals surface area contributed by atoms with E-state index < -0.39 is 0 Å². The molecule has 0 fully saturated rings. The summed E-state index contributed by atoms with van der Waals surface area (Å²) in [5.74, 6) is 0.0455. The van der Waals surface area contributed by atoms with E-state index >= 15 is 0 Å². The molecule has 122 valence electrons. The van der Waals surface area contributed by atoms with Gasteiger partial charge in [0.15, 0.2) is 0 Å². The van der Waals surface area contributed by atoms with Gasteiger partial charge in [0.1, 0.15) is 0 Å². The van der Waals surface area contributed by atoms with Crippen LogP contribution in [0, 0.1) is 0 Å². The number of hydrogen-bond acceptors (Lipinski definition) is 3. The molecule has 0 aliphatic rings. The lowest BCUT2D eigenvalue weighted by Gasteiger charge is -2.11. The van der Waals surface area contributed by atoms with Crippen LogP contribution >= 0.6 is 11.3 Å². The Hall–Kier alpha value is -2.14. The number of carbonyl (C=O) groups is 2. The van der Waals surface area contributed by atoms with Gasteiger partial charge in [0.2, 0.25) is 5.91 Å². The zero-order chi connectivity index (χ0) is 16.7.